The van der Waals surface area contributed by atoms with Crippen LogP contribution in [0.3, 0.4) is 0 Å². The molecule has 0 bridgehead atoms. The van der Waals surface area contributed by atoms with Crippen LogP contribution in [0.1, 0.15) is 30.1 Å². The highest BCUT2D eigenvalue weighted by molar-refractivity contribution is 5.97. The summed E-state index contributed by atoms with van der Waals surface area (Å²) in [5, 5.41) is 2.71. The number of carbonyl (C=O) groups excluding carboxylic acids is 3. The number of hydrogen-bond acceptors (Lipinski definition) is 3. The number of nitrogens with zero attached hydrogens (tertiary/aromatic N) is 1. The lowest BCUT2D eigenvalue weighted by atomic mass is 10.1. The van der Waals surface area contributed by atoms with Crippen LogP contribution in [0.2, 0.25) is 0 Å². The molecule has 100 valence electrons. The number of benzene rings is 1. The van der Waals surface area contributed by atoms with Crippen molar-refractivity contribution < 1.29 is 14.4 Å². The Morgan fingerprint density at radius 1 is 1.26 bits per heavy atom. The Kier molecular flexibility index (Phi) is 3.94. The Balaban J connectivity index is 1.91. The van der Waals surface area contributed by atoms with Gasteiger partial charge < -0.3 is 10.2 Å². The van der Waals surface area contributed by atoms with Gasteiger partial charge in [-0.05, 0) is 37.6 Å². The summed E-state index contributed by atoms with van der Waals surface area (Å²) in [4.78, 5) is 35.8. The first-order chi connectivity index (χ1) is 9.06. The molecule has 0 unspecified atom stereocenters. The quantitative estimate of drug-likeness (QED) is 0.833. The average molecular weight is 260 g/mol. The third-order valence-electron chi connectivity index (χ3n) is 3.08. The van der Waals surface area contributed by atoms with Gasteiger partial charge in [0.25, 0.3) is 0 Å². The van der Waals surface area contributed by atoms with Gasteiger partial charge in [-0.3, -0.25) is 14.4 Å². The SMILES string of the molecule is CC(=O)c1ccc(NC(=O)CN2CCCC2=O)cc1. The largest absolute Gasteiger partial charge is 0.333 e. The van der Waals surface area contributed by atoms with Gasteiger partial charge in [0.05, 0.1) is 6.54 Å². The highest BCUT2D eigenvalue weighted by Crippen LogP contribution is 2.12. The highest BCUT2D eigenvalue weighted by Gasteiger charge is 2.22. The number of rotatable bonds is 4. The molecule has 1 N–H and O–H groups in total. The van der Waals surface area contributed by atoms with Crippen molar-refractivity contribution in [1.82, 2.24) is 4.90 Å². The maximum atomic E-state index is 11.8. The van der Waals surface area contributed by atoms with E-state index in [0.717, 1.165) is 6.42 Å². The Morgan fingerprint density at radius 3 is 2.47 bits per heavy atom. The molecule has 1 aromatic rings. The number of amides is 2. The normalized spacial score (nSPS) is 14.6. The van der Waals surface area contributed by atoms with Gasteiger partial charge in [-0.15, -0.1) is 0 Å². The van der Waals surface area contributed by atoms with Gasteiger partial charge in [-0.1, -0.05) is 0 Å². The van der Waals surface area contributed by atoms with Crippen LogP contribution in [0.5, 0.6) is 0 Å². The molecule has 1 aromatic carbocycles. The van der Waals surface area contributed by atoms with E-state index in [1.165, 1.54) is 6.92 Å². The van der Waals surface area contributed by atoms with Crippen molar-refractivity contribution in [3.8, 4) is 0 Å². The predicted molar refractivity (Wildman–Crippen MR) is 70.9 cm³/mol. The van der Waals surface area contributed by atoms with Gasteiger partial charge in [0, 0.05) is 24.2 Å². The molecule has 2 rings (SSSR count). The van der Waals surface area contributed by atoms with Crippen molar-refractivity contribution >= 4 is 23.3 Å². The van der Waals surface area contributed by atoms with Crippen LogP contribution >= 0.6 is 0 Å². The molecule has 0 atom stereocenters. The Morgan fingerprint density at radius 2 is 1.95 bits per heavy atom. The number of hydrogen-bond donors (Lipinski definition) is 1. The summed E-state index contributed by atoms with van der Waals surface area (Å²) in [6.45, 7) is 2.23. The molecule has 0 aliphatic carbocycles. The number of anilines is 1. The zero-order chi connectivity index (χ0) is 13.8. The van der Waals surface area contributed by atoms with Crippen LogP contribution < -0.4 is 5.32 Å². The van der Waals surface area contributed by atoms with Crippen LogP contribution in [-0.4, -0.2) is 35.6 Å². The minimum Gasteiger partial charge on any atom is -0.333 e. The third-order valence-corrected chi connectivity index (χ3v) is 3.08. The maximum absolute atomic E-state index is 11.8. The van der Waals surface area contributed by atoms with Crippen molar-refractivity contribution in [2.45, 2.75) is 19.8 Å². The number of nitrogens with one attached hydrogen (secondary N) is 1. The molecule has 1 heterocycles. The summed E-state index contributed by atoms with van der Waals surface area (Å²) in [7, 11) is 0. The van der Waals surface area contributed by atoms with Gasteiger partial charge in [0.1, 0.15) is 0 Å². The van der Waals surface area contributed by atoms with Crippen molar-refractivity contribution in [2.24, 2.45) is 0 Å². The molecule has 19 heavy (non-hydrogen) atoms. The molecule has 1 aliphatic rings. The molecule has 5 heteroatoms. The number of ketones is 1. The van der Waals surface area contributed by atoms with Gasteiger partial charge in [0.2, 0.25) is 11.8 Å². The van der Waals surface area contributed by atoms with E-state index in [1.54, 1.807) is 29.2 Å². The molecule has 0 aromatic heterocycles. The zero-order valence-corrected chi connectivity index (χ0v) is 10.8. The minimum absolute atomic E-state index is 0.0134. The summed E-state index contributed by atoms with van der Waals surface area (Å²) in [5.74, 6) is -0.201. The van der Waals surface area contributed by atoms with Crippen LogP contribution in [-0.2, 0) is 9.59 Å². The third kappa shape index (κ3) is 3.40. The van der Waals surface area contributed by atoms with Crippen molar-refractivity contribution in [2.75, 3.05) is 18.4 Å². The molecule has 2 amide bonds. The first kappa shape index (κ1) is 13.3. The summed E-state index contributed by atoms with van der Waals surface area (Å²) >= 11 is 0. The number of carbonyl (C=O) groups is 3. The monoisotopic (exact) mass is 260 g/mol. The Labute approximate surface area is 111 Å². The van der Waals surface area contributed by atoms with E-state index in [0.29, 0.717) is 24.2 Å². The van der Waals surface area contributed by atoms with Crippen LogP contribution in [0, 0.1) is 0 Å². The fraction of sp³-hybridized carbons (Fsp3) is 0.357. The van der Waals surface area contributed by atoms with E-state index < -0.39 is 0 Å². The Hall–Kier alpha value is -2.17. The lowest BCUT2D eigenvalue weighted by Crippen LogP contribution is -2.33. The standard InChI is InChI=1S/C14H16N2O3/c1-10(17)11-4-6-12(7-5-11)15-13(18)9-16-8-2-3-14(16)19/h4-7H,2-3,8-9H2,1H3,(H,15,18). The van der Waals surface area contributed by atoms with E-state index in [-0.39, 0.29) is 24.1 Å². The maximum Gasteiger partial charge on any atom is 0.243 e. The summed E-state index contributed by atoms with van der Waals surface area (Å²) < 4.78 is 0. The zero-order valence-electron chi connectivity index (χ0n) is 10.8. The second kappa shape index (κ2) is 5.65. The molecule has 1 fully saturated rings. The van der Waals surface area contributed by atoms with Gasteiger partial charge in [-0.25, -0.2) is 0 Å². The van der Waals surface area contributed by atoms with E-state index >= 15 is 0 Å². The second-order valence-corrected chi connectivity index (χ2v) is 4.60. The van der Waals surface area contributed by atoms with Crippen LogP contribution in [0.4, 0.5) is 5.69 Å². The lowest BCUT2D eigenvalue weighted by molar-refractivity contribution is -0.131. The molecular formula is C14H16N2O3. The number of likely N-dealkylation sites (tertiary alicyclic amines) is 1. The second-order valence-electron chi connectivity index (χ2n) is 4.60. The fourth-order valence-electron chi connectivity index (χ4n) is 2.03. The van der Waals surface area contributed by atoms with Crippen molar-refractivity contribution in [1.29, 1.82) is 0 Å². The highest BCUT2D eigenvalue weighted by atomic mass is 16.2. The van der Waals surface area contributed by atoms with Gasteiger partial charge in [0.15, 0.2) is 5.78 Å². The molecule has 0 saturated carbocycles. The lowest BCUT2D eigenvalue weighted by Gasteiger charge is -2.14. The van der Waals surface area contributed by atoms with Crippen LogP contribution in [0.15, 0.2) is 24.3 Å². The molecule has 1 aliphatic heterocycles. The van der Waals surface area contributed by atoms with Gasteiger partial charge in [-0.2, -0.15) is 0 Å². The number of Topliss-reactive ketones (excluding diaryl/α,β-unsaturated/α-hetero) is 1. The van der Waals surface area contributed by atoms with E-state index in [4.69, 9.17) is 0 Å². The van der Waals surface area contributed by atoms with Crippen LogP contribution in [0.25, 0.3) is 0 Å². The predicted octanol–water partition coefficient (Wildman–Crippen LogP) is 1.45. The van der Waals surface area contributed by atoms with Gasteiger partial charge >= 0.3 is 0 Å². The smallest absolute Gasteiger partial charge is 0.243 e. The minimum atomic E-state index is -0.217. The topological polar surface area (TPSA) is 66.5 Å². The molecule has 0 radical (unpaired) electrons. The summed E-state index contributed by atoms with van der Waals surface area (Å²) in [5.41, 5.74) is 1.23. The molecule has 5 nitrogen and oxygen atoms in total. The molecule has 0 spiro atoms. The van der Waals surface area contributed by atoms with E-state index in [2.05, 4.69) is 5.32 Å². The fourth-order valence-corrected chi connectivity index (χ4v) is 2.03. The summed E-state index contributed by atoms with van der Waals surface area (Å²) in [6.07, 6.45) is 1.35. The van der Waals surface area contributed by atoms with E-state index in [9.17, 15) is 14.4 Å². The van der Waals surface area contributed by atoms with Crippen molar-refractivity contribution in [3.05, 3.63) is 29.8 Å². The van der Waals surface area contributed by atoms with E-state index in [1.807, 2.05) is 0 Å². The first-order valence-electron chi connectivity index (χ1n) is 6.25. The first-order valence-corrected chi connectivity index (χ1v) is 6.25. The Bertz CT molecular complexity index is 508. The average Bonchev–Trinajstić information content (AvgIpc) is 2.75. The van der Waals surface area contributed by atoms with Crippen molar-refractivity contribution in [3.63, 3.8) is 0 Å². The molecule has 1 saturated heterocycles. The molecular weight excluding hydrogens is 244 g/mol. The summed E-state index contributed by atoms with van der Waals surface area (Å²) in [6, 6.07) is 6.69.